The predicted molar refractivity (Wildman–Crippen MR) is 106 cm³/mol. The second-order valence-electron chi connectivity index (χ2n) is 5.67. The number of rotatable bonds is 5. The van der Waals surface area contributed by atoms with Gasteiger partial charge in [-0.15, -0.1) is 22.9 Å². The number of carboxylic acids is 1. The highest BCUT2D eigenvalue weighted by Crippen LogP contribution is 2.30. The van der Waals surface area contributed by atoms with Crippen LogP contribution in [-0.4, -0.2) is 33.6 Å². The molecule has 0 atom stereocenters. The Kier molecular flexibility index (Phi) is 7.04. The van der Waals surface area contributed by atoms with Crippen molar-refractivity contribution >= 4 is 50.8 Å². The van der Waals surface area contributed by atoms with Crippen LogP contribution in [0.5, 0.6) is 0 Å². The van der Waals surface area contributed by atoms with E-state index in [1.165, 1.54) is 10.3 Å². The summed E-state index contributed by atoms with van der Waals surface area (Å²) in [6.45, 7) is 2.07. The maximum Gasteiger partial charge on any atom is 0.310 e. The Morgan fingerprint density at radius 2 is 1.81 bits per heavy atom. The van der Waals surface area contributed by atoms with Crippen molar-refractivity contribution in [3.8, 4) is 10.6 Å². The zero-order chi connectivity index (χ0) is 20.0. The Bertz CT molecular complexity index is 983. The first-order valence-corrected chi connectivity index (χ1v) is 9.22. The molecule has 2 aromatic carbocycles. The Labute approximate surface area is 164 Å². The molecule has 0 aliphatic heterocycles. The van der Waals surface area contributed by atoms with Crippen LogP contribution < -0.4 is 5.73 Å². The number of carboxylic acid groups (broad SMARTS) is 1. The number of primary amides is 1. The van der Waals surface area contributed by atoms with Crippen LogP contribution in [-0.2, 0) is 9.59 Å². The molecule has 3 N–H and O–H groups in total. The zero-order valence-electron chi connectivity index (χ0n) is 14.4. The molecule has 27 heavy (non-hydrogen) atoms. The van der Waals surface area contributed by atoms with Crippen molar-refractivity contribution in [1.82, 2.24) is 4.98 Å². The Hall–Kier alpha value is -2.77. The van der Waals surface area contributed by atoms with Crippen molar-refractivity contribution in [3.05, 3.63) is 53.6 Å². The van der Waals surface area contributed by atoms with Crippen LogP contribution in [0.4, 0.5) is 0 Å². The fraction of sp³-hybridized carbons (Fsp3) is 0.158. The summed E-state index contributed by atoms with van der Waals surface area (Å²) in [4.78, 5) is 35.4. The lowest BCUT2D eigenvalue weighted by molar-refractivity contribution is -0.139. The standard InChI is InChI=1S/C15H12N2OS.C4H5ClO3/c1-9-2-7-12-13(8-9)19-15(17-12)11-5-3-10(4-6-11)14(16)18;5-2-3(6)1-4(7)8/h2-8H,1H3,(H2,16,18);1-2H2,(H,7,8). The minimum absolute atomic E-state index is 0.216. The summed E-state index contributed by atoms with van der Waals surface area (Å²) in [5.74, 6) is -2.21. The molecular formula is C19H17ClN2O4S. The summed E-state index contributed by atoms with van der Waals surface area (Å²) in [5, 5.41) is 8.89. The molecule has 0 saturated heterocycles. The minimum Gasteiger partial charge on any atom is -0.481 e. The number of halogens is 1. The number of aromatic nitrogens is 1. The van der Waals surface area contributed by atoms with Gasteiger partial charge in [-0.25, -0.2) is 4.98 Å². The molecule has 0 unspecified atom stereocenters. The number of nitrogens with zero attached hydrogens (tertiary/aromatic N) is 1. The predicted octanol–water partition coefficient (Wildman–Crippen LogP) is 3.64. The lowest BCUT2D eigenvalue weighted by Crippen LogP contribution is -2.10. The quantitative estimate of drug-likeness (QED) is 0.498. The second kappa shape index (κ2) is 9.25. The number of ketones is 1. The number of carbonyl (C=O) groups is 3. The third-order valence-electron chi connectivity index (χ3n) is 3.46. The Morgan fingerprint density at radius 1 is 1.15 bits per heavy atom. The number of thiazole rings is 1. The maximum absolute atomic E-state index is 11.0. The van der Waals surface area contributed by atoms with Crippen LogP contribution in [0.15, 0.2) is 42.5 Å². The van der Waals surface area contributed by atoms with Crippen molar-refractivity contribution in [2.24, 2.45) is 5.73 Å². The molecule has 0 fully saturated rings. The van der Waals surface area contributed by atoms with E-state index in [4.69, 9.17) is 22.4 Å². The lowest BCUT2D eigenvalue weighted by atomic mass is 10.1. The molecular weight excluding hydrogens is 388 g/mol. The number of nitrogens with two attached hydrogens (primary N) is 1. The van der Waals surface area contributed by atoms with E-state index in [-0.39, 0.29) is 5.88 Å². The van der Waals surface area contributed by atoms with E-state index in [2.05, 4.69) is 24.0 Å². The molecule has 0 spiro atoms. The summed E-state index contributed by atoms with van der Waals surface area (Å²) in [6.07, 6.45) is -0.469. The van der Waals surface area contributed by atoms with Gasteiger partial charge in [0.2, 0.25) is 5.91 Å². The lowest BCUT2D eigenvalue weighted by Gasteiger charge is -1.97. The second-order valence-corrected chi connectivity index (χ2v) is 6.97. The average Bonchev–Trinajstić information content (AvgIpc) is 3.04. The van der Waals surface area contributed by atoms with Gasteiger partial charge in [0.05, 0.1) is 16.1 Å². The molecule has 3 aromatic rings. The largest absolute Gasteiger partial charge is 0.481 e. The topological polar surface area (TPSA) is 110 Å². The first-order chi connectivity index (χ1) is 12.8. The molecule has 140 valence electrons. The average molecular weight is 405 g/mol. The van der Waals surface area contributed by atoms with Crippen LogP contribution in [0.3, 0.4) is 0 Å². The number of hydrogen-bond donors (Lipinski definition) is 2. The fourth-order valence-electron chi connectivity index (χ4n) is 2.15. The summed E-state index contributed by atoms with van der Waals surface area (Å²) in [7, 11) is 0. The van der Waals surface area contributed by atoms with Gasteiger partial charge in [0.25, 0.3) is 0 Å². The summed E-state index contributed by atoms with van der Waals surface area (Å²) in [5.41, 5.74) is 8.98. The van der Waals surface area contributed by atoms with Crippen molar-refractivity contribution in [2.45, 2.75) is 13.3 Å². The van der Waals surface area contributed by atoms with Crippen molar-refractivity contribution in [3.63, 3.8) is 0 Å². The molecule has 1 aromatic heterocycles. The first-order valence-electron chi connectivity index (χ1n) is 7.87. The van der Waals surface area contributed by atoms with E-state index in [0.29, 0.717) is 5.56 Å². The van der Waals surface area contributed by atoms with Gasteiger partial charge in [-0.3, -0.25) is 14.4 Å². The highest BCUT2D eigenvalue weighted by atomic mass is 35.5. The molecule has 8 heteroatoms. The van der Waals surface area contributed by atoms with Gasteiger partial charge in [0.1, 0.15) is 11.4 Å². The summed E-state index contributed by atoms with van der Waals surface area (Å²) >= 11 is 6.63. The third kappa shape index (κ3) is 5.87. The number of benzene rings is 2. The van der Waals surface area contributed by atoms with Crippen molar-refractivity contribution in [1.29, 1.82) is 0 Å². The molecule has 0 aliphatic carbocycles. The monoisotopic (exact) mass is 404 g/mol. The molecule has 0 radical (unpaired) electrons. The first kappa shape index (κ1) is 20.5. The van der Waals surface area contributed by atoms with Crippen LogP contribution >= 0.6 is 22.9 Å². The fourth-order valence-corrected chi connectivity index (χ4v) is 3.31. The zero-order valence-corrected chi connectivity index (χ0v) is 16.0. The van der Waals surface area contributed by atoms with Gasteiger partial charge in [-0.05, 0) is 36.8 Å². The summed E-state index contributed by atoms with van der Waals surface area (Å²) < 4.78 is 1.17. The number of amides is 1. The third-order valence-corrected chi connectivity index (χ3v) is 4.82. The van der Waals surface area contributed by atoms with E-state index in [9.17, 15) is 14.4 Å². The molecule has 0 aliphatic rings. The van der Waals surface area contributed by atoms with Crippen molar-refractivity contribution in [2.75, 3.05) is 5.88 Å². The number of Topliss-reactive ketones (excluding diaryl/α,β-unsaturated/α-hetero) is 1. The van der Waals surface area contributed by atoms with Crippen LogP contribution in [0, 0.1) is 6.92 Å². The molecule has 1 heterocycles. The van der Waals surface area contributed by atoms with Gasteiger partial charge in [0, 0.05) is 11.1 Å². The number of fused-ring (bicyclic) bond motifs is 1. The molecule has 6 nitrogen and oxygen atoms in total. The molecule has 1 amide bonds. The summed E-state index contributed by atoms with van der Waals surface area (Å²) in [6, 6.07) is 13.4. The number of alkyl halides is 1. The molecule has 0 saturated carbocycles. The van der Waals surface area contributed by atoms with Gasteiger partial charge >= 0.3 is 5.97 Å². The van der Waals surface area contributed by atoms with E-state index < -0.39 is 24.1 Å². The van der Waals surface area contributed by atoms with E-state index >= 15 is 0 Å². The van der Waals surface area contributed by atoms with E-state index in [0.717, 1.165) is 16.1 Å². The van der Waals surface area contributed by atoms with Crippen LogP contribution in [0.2, 0.25) is 0 Å². The normalized spacial score (nSPS) is 10.1. The molecule has 3 rings (SSSR count). The van der Waals surface area contributed by atoms with Gasteiger partial charge in [-0.1, -0.05) is 18.2 Å². The number of aryl methyl sites for hydroxylation is 1. The smallest absolute Gasteiger partial charge is 0.310 e. The van der Waals surface area contributed by atoms with E-state index in [1.54, 1.807) is 23.5 Å². The van der Waals surface area contributed by atoms with Crippen LogP contribution in [0.25, 0.3) is 20.8 Å². The van der Waals surface area contributed by atoms with Gasteiger partial charge in [0.15, 0.2) is 5.78 Å². The highest BCUT2D eigenvalue weighted by molar-refractivity contribution is 7.21. The number of aliphatic carboxylic acids is 1. The number of hydrogen-bond acceptors (Lipinski definition) is 5. The van der Waals surface area contributed by atoms with Crippen LogP contribution in [0.1, 0.15) is 22.3 Å². The Balaban J connectivity index is 0.000000279. The van der Waals surface area contributed by atoms with E-state index in [1.807, 2.05) is 18.2 Å². The Morgan fingerprint density at radius 3 is 2.33 bits per heavy atom. The highest BCUT2D eigenvalue weighted by Gasteiger charge is 2.07. The van der Waals surface area contributed by atoms with Gasteiger partial charge in [-0.2, -0.15) is 0 Å². The molecule has 0 bridgehead atoms. The van der Waals surface area contributed by atoms with Gasteiger partial charge < -0.3 is 10.8 Å². The minimum atomic E-state index is -1.13. The van der Waals surface area contributed by atoms with Crippen molar-refractivity contribution < 1.29 is 19.5 Å². The SMILES string of the molecule is Cc1ccc2nc(-c3ccc(C(N)=O)cc3)sc2c1.O=C(O)CC(=O)CCl. The maximum atomic E-state index is 11.0. The number of carbonyl (C=O) groups excluding carboxylic acids is 2.